The van der Waals surface area contributed by atoms with Crippen LogP contribution in [0, 0.1) is 5.92 Å². The number of rotatable bonds is 4. The quantitative estimate of drug-likeness (QED) is 0.802. The number of piperidine rings is 1. The first-order chi connectivity index (χ1) is 8.06. The summed E-state index contributed by atoms with van der Waals surface area (Å²) in [5.74, 6) is 0.647. The molecule has 1 saturated heterocycles. The Morgan fingerprint density at radius 1 is 1.29 bits per heavy atom. The number of hydrogen-bond acceptors (Lipinski definition) is 1. The Morgan fingerprint density at radius 2 is 1.88 bits per heavy atom. The highest BCUT2D eigenvalue weighted by Crippen LogP contribution is 2.21. The molecule has 100 valence electrons. The minimum atomic E-state index is -0.00221. The van der Waals surface area contributed by atoms with Crippen molar-refractivity contribution in [3.63, 3.8) is 0 Å². The zero-order valence-corrected chi connectivity index (χ0v) is 11.9. The molecular formula is C14H28N2O. The van der Waals surface area contributed by atoms with E-state index >= 15 is 0 Å². The second kappa shape index (κ2) is 6.27. The van der Waals surface area contributed by atoms with Crippen LogP contribution in [0.5, 0.6) is 0 Å². The van der Waals surface area contributed by atoms with Crippen molar-refractivity contribution < 1.29 is 4.79 Å². The monoisotopic (exact) mass is 240 g/mol. The topological polar surface area (TPSA) is 32.3 Å². The van der Waals surface area contributed by atoms with Crippen LogP contribution in [-0.2, 0) is 0 Å². The molecule has 1 heterocycles. The van der Waals surface area contributed by atoms with Gasteiger partial charge in [-0.05, 0) is 38.0 Å². The fraction of sp³-hybridized carbons (Fsp3) is 0.929. The van der Waals surface area contributed by atoms with Crippen molar-refractivity contribution in [3.8, 4) is 0 Å². The molecule has 0 aromatic heterocycles. The third-order valence-electron chi connectivity index (χ3n) is 4.35. The summed E-state index contributed by atoms with van der Waals surface area (Å²) in [4.78, 5) is 14.2. The minimum Gasteiger partial charge on any atom is -0.333 e. The SMILES string of the molecule is CCC(CC)(CC)NC(=O)N1CCCC(C)C1. The van der Waals surface area contributed by atoms with Crippen molar-refractivity contribution in [2.75, 3.05) is 13.1 Å². The fourth-order valence-corrected chi connectivity index (χ4v) is 2.69. The van der Waals surface area contributed by atoms with Gasteiger partial charge in [0, 0.05) is 18.6 Å². The molecule has 0 spiro atoms. The molecule has 3 nitrogen and oxygen atoms in total. The van der Waals surface area contributed by atoms with E-state index in [0.29, 0.717) is 5.92 Å². The molecule has 1 aliphatic rings. The Hall–Kier alpha value is -0.730. The molecule has 0 radical (unpaired) electrons. The number of amides is 2. The maximum Gasteiger partial charge on any atom is 0.317 e. The van der Waals surface area contributed by atoms with Gasteiger partial charge in [0.25, 0.3) is 0 Å². The van der Waals surface area contributed by atoms with Crippen LogP contribution in [0.15, 0.2) is 0 Å². The molecule has 0 saturated carbocycles. The predicted octanol–water partition coefficient (Wildman–Crippen LogP) is 3.40. The van der Waals surface area contributed by atoms with Crippen LogP contribution in [0.4, 0.5) is 4.79 Å². The highest BCUT2D eigenvalue weighted by Gasteiger charge is 2.29. The Kier molecular flexibility index (Phi) is 5.29. The molecule has 0 bridgehead atoms. The molecule has 17 heavy (non-hydrogen) atoms. The molecular weight excluding hydrogens is 212 g/mol. The summed E-state index contributed by atoms with van der Waals surface area (Å²) in [6, 6.07) is 0.141. The van der Waals surface area contributed by atoms with Crippen molar-refractivity contribution in [1.82, 2.24) is 10.2 Å². The Bertz CT molecular complexity index is 240. The van der Waals surface area contributed by atoms with E-state index in [1.54, 1.807) is 0 Å². The molecule has 0 aromatic rings. The van der Waals surface area contributed by atoms with Crippen LogP contribution >= 0.6 is 0 Å². The molecule has 1 fully saturated rings. The van der Waals surface area contributed by atoms with Gasteiger partial charge < -0.3 is 10.2 Å². The summed E-state index contributed by atoms with van der Waals surface area (Å²) < 4.78 is 0. The molecule has 1 N–H and O–H groups in total. The predicted molar refractivity (Wildman–Crippen MR) is 72.1 cm³/mol. The van der Waals surface area contributed by atoms with Crippen LogP contribution in [-0.4, -0.2) is 29.6 Å². The van der Waals surface area contributed by atoms with E-state index in [4.69, 9.17) is 0 Å². The third-order valence-corrected chi connectivity index (χ3v) is 4.35. The summed E-state index contributed by atoms with van der Waals surface area (Å²) >= 11 is 0. The van der Waals surface area contributed by atoms with Crippen molar-refractivity contribution in [2.45, 2.75) is 65.3 Å². The zero-order chi connectivity index (χ0) is 12.9. The van der Waals surface area contributed by atoms with Crippen LogP contribution in [0.2, 0.25) is 0 Å². The summed E-state index contributed by atoms with van der Waals surface area (Å²) in [6.07, 6.45) is 5.43. The zero-order valence-electron chi connectivity index (χ0n) is 11.9. The Balaban J connectivity index is 2.57. The first-order valence-electron chi connectivity index (χ1n) is 7.14. The maximum atomic E-state index is 12.3. The summed E-state index contributed by atoms with van der Waals surface area (Å²) in [7, 11) is 0. The number of carbonyl (C=O) groups is 1. The minimum absolute atomic E-state index is 0.00221. The summed E-state index contributed by atoms with van der Waals surface area (Å²) in [5, 5.41) is 3.26. The standard InChI is InChI=1S/C14H28N2O/c1-5-14(6-2,7-3)15-13(17)16-10-8-9-12(4)11-16/h12H,5-11H2,1-4H3,(H,15,17). The first-order valence-corrected chi connectivity index (χ1v) is 7.14. The number of nitrogens with zero attached hydrogens (tertiary/aromatic N) is 1. The molecule has 1 unspecified atom stereocenters. The first kappa shape index (κ1) is 14.3. The van der Waals surface area contributed by atoms with Crippen LogP contribution in [0.1, 0.15) is 59.8 Å². The molecule has 2 amide bonds. The van der Waals surface area contributed by atoms with Gasteiger partial charge in [0.1, 0.15) is 0 Å². The second-order valence-electron chi connectivity index (χ2n) is 5.46. The summed E-state index contributed by atoms with van der Waals surface area (Å²) in [6.45, 7) is 10.5. The number of nitrogens with one attached hydrogen (secondary N) is 1. The van der Waals surface area contributed by atoms with E-state index in [1.165, 1.54) is 6.42 Å². The summed E-state index contributed by atoms with van der Waals surface area (Å²) in [5.41, 5.74) is -0.00221. The average Bonchev–Trinajstić information content (AvgIpc) is 2.36. The van der Waals surface area contributed by atoms with E-state index in [2.05, 4.69) is 33.0 Å². The molecule has 1 rings (SSSR count). The molecule has 1 aliphatic heterocycles. The van der Waals surface area contributed by atoms with Crippen LogP contribution in [0.25, 0.3) is 0 Å². The van der Waals surface area contributed by atoms with Crippen molar-refractivity contribution in [2.24, 2.45) is 5.92 Å². The maximum absolute atomic E-state index is 12.3. The fourth-order valence-electron chi connectivity index (χ4n) is 2.69. The van der Waals surface area contributed by atoms with E-state index < -0.39 is 0 Å². The second-order valence-corrected chi connectivity index (χ2v) is 5.46. The van der Waals surface area contributed by atoms with Gasteiger partial charge in [-0.1, -0.05) is 27.7 Å². The van der Waals surface area contributed by atoms with Crippen LogP contribution in [0.3, 0.4) is 0 Å². The van der Waals surface area contributed by atoms with Crippen molar-refractivity contribution in [3.05, 3.63) is 0 Å². The van der Waals surface area contributed by atoms with Crippen LogP contribution < -0.4 is 5.32 Å². The highest BCUT2D eigenvalue weighted by atomic mass is 16.2. The molecule has 3 heteroatoms. The Morgan fingerprint density at radius 3 is 2.35 bits per heavy atom. The van der Waals surface area contributed by atoms with Gasteiger partial charge in [-0.2, -0.15) is 0 Å². The lowest BCUT2D eigenvalue weighted by atomic mass is 9.90. The lowest BCUT2D eigenvalue weighted by Gasteiger charge is -2.37. The van der Waals surface area contributed by atoms with Gasteiger partial charge >= 0.3 is 6.03 Å². The van der Waals surface area contributed by atoms with E-state index in [9.17, 15) is 4.79 Å². The van der Waals surface area contributed by atoms with Gasteiger partial charge in [-0.3, -0.25) is 0 Å². The van der Waals surface area contributed by atoms with Crippen molar-refractivity contribution >= 4 is 6.03 Å². The van der Waals surface area contributed by atoms with E-state index in [1.807, 2.05) is 4.90 Å². The number of hydrogen-bond donors (Lipinski definition) is 1. The highest BCUT2D eigenvalue weighted by molar-refractivity contribution is 5.75. The van der Waals surface area contributed by atoms with Crippen molar-refractivity contribution in [1.29, 1.82) is 0 Å². The third kappa shape index (κ3) is 3.62. The Labute approximate surface area is 106 Å². The smallest absolute Gasteiger partial charge is 0.317 e. The van der Waals surface area contributed by atoms with Gasteiger partial charge in [-0.15, -0.1) is 0 Å². The molecule has 0 aromatic carbocycles. The average molecular weight is 240 g/mol. The molecule has 0 aliphatic carbocycles. The number of likely N-dealkylation sites (tertiary alicyclic amines) is 1. The van der Waals surface area contributed by atoms with E-state index in [0.717, 1.165) is 38.8 Å². The van der Waals surface area contributed by atoms with Gasteiger partial charge in [0.2, 0.25) is 0 Å². The van der Waals surface area contributed by atoms with Gasteiger partial charge in [0.05, 0.1) is 0 Å². The molecule has 1 atom stereocenters. The normalized spacial score (nSPS) is 21.4. The van der Waals surface area contributed by atoms with E-state index in [-0.39, 0.29) is 11.6 Å². The largest absolute Gasteiger partial charge is 0.333 e. The van der Waals surface area contributed by atoms with Gasteiger partial charge in [0.15, 0.2) is 0 Å². The number of carbonyl (C=O) groups excluding carboxylic acids is 1. The lowest BCUT2D eigenvalue weighted by molar-refractivity contribution is 0.153. The number of urea groups is 1. The lowest BCUT2D eigenvalue weighted by Crippen LogP contribution is -2.54. The van der Waals surface area contributed by atoms with Gasteiger partial charge in [-0.25, -0.2) is 4.79 Å².